The standard InChI is InChI=1S/C26H32N10O8S3/c27-3-1-21(37)31-11-19-17(23-29-5-7-45-23)9-15-13-33(19)25(39)35(15)43-47(41,42)44-36-16-10-18(24-30-6-8-46-24)20(34(14-16)26(36)40)12-32-22(38)2-4-28/h5-10,15-16,19-20H,1-4,11-14,27-28H2,(H,31,37)(H,32,38)/t15-,16-,19-,20-/m1/s1. The number of hydrogen-bond donors (Lipinski definition) is 4. The summed E-state index contributed by atoms with van der Waals surface area (Å²) in [6.07, 6.45) is 6.73. The molecule has 2 fully saturated rings. The van der Waals surface area contributed by atoms with E-state index in [1.807, 2.05) is 0 Å². The van der Waals surface area contributed by atoms with E-state index in [0.29, 0.717) is 31.3 Å². The number of aromatic nitrogens is 2. The number of hydrogen-bond acceptors (Lipinski definition) is 14. The van der Waals surface area contributed by atoms with E-state index in [2.05, 4.69) is 20.6 Å². The molecule has 18 nitrogen and oxygen atoms in total. The summed E-state index contributed by atoms with van der Waals surface area (Å²) in [5, 5.41) is 11.6. The lowest BCUT2D eigenvalue weighted by Gasteiger charge is -2.31. The number of carbonyl (C=O) groups excluding carboxylic acids is 4. The van der Waals surface area contributed by atoms with Crippen LogP contribution in [0.15, 0.2) is 35.3 Å². The molecule has 4 aliphatic heterocycles. The molecule has 4 atom stereocenters. The van der Waals surface area contributed by atoms with E-state index in [-0.39, 0.29) is 63.9 Å². The highest BCUT2D eigenvalue weighted by molar-refractivity contribution is 7.81. The average Bonchev–Trinajstić information content (AvgIpc) is 3.85. The predicted octanol–water partition coefficient (Wildman–Crippen LogP) is -0.919. The van der Waals surface area contributed by atoms with Crippen LogP contribution in [0.2, 0.25) is 0 Å². The number of urea groups is 2. The van der Waals surface area contributed by atoms with Gasteiger partial charge in [-0.3, -0.25) is 9.59 Å². The van der Waals surface area contributed by atoms with Gasteiger partial charge in [-0.05, 0) is 12.2 Å². The van der Waals surface area contributed by atoms with Crippen LogP contribution in [0.5, 0.6) is 0 Å². The monoisotopic (exact) mass is 708 g/mol. The lowest BCUT2D eigenvalue weighted by Crippen LogP contribution is -2.47. The number of carbonyl (C=O) groups is 4. The molecule has 0 aliphatic carbocycles. The second-order valence-electron chi connectivity index (χ2n) is 10.8. The van der Waals surface area contributed by atoms with Crippen molar-refractivity contribution in [2.24, 2.45) is 11.5 Å². The number of amides is 6. The van der Waals surface area contributed by atoms with Gasteiger partial charge in [-0.25, -0.2) is 19.6 Å². The van der Waals surface area contributed by atoms with Crippen LogP contribution >= 0.6 is 22.7 Å². The van der Waals surface area contributed by atoms with E-state index < -0.39 is 46.6 Å². The Morgan fingerprint density at radius 2 is 1.23 bits per heavy atom. The quantitative estimate of drug-likeness (QED) is 0.187. The predicted molar refractivity (Wildman–Crippen MR) is 168 cm³/mol. The highest BCUT2D eigenvalue weighted by atomic mass is 32.3. The van der Waals surface area contributed by atoms with E-state index in [9.17, 15) is 27.6 Å². The van der Waals surface area contributed by atoms with Crippen molar-refractivity contribution >= 4 is 68.1 Å². The van der Waals surface area contributed by atoms with Gasteiger partial charge in [-0.1, -0.05) is 0 Å². The number of hydroxylamine groups is 4. The van der Waals surface area contributed by atoms with E-state index in [1.165, 1.54) is 32.5 Å². The Labute approximate surface area is 277 Å². The SMILES string of the molecule is NCCC(=O)NC[C@@H]1C(c2nccs2)=C[C@@H]2CN1C(=O)N2OS(=O)(=O)ON1C(=O)N2C[C@H]1C=C(c1nccs1)[C@H]2CNC(=O)CCN. The first-order valence-electron chi connectivity index (χ1n) is 14.6. The molecule has 4 aliphatic rings. The fraction of sp³-hybridized carbons (Fsp3) is 0.462. The van der Waals surface area contributed by atoms with Gasteiger partial charge >= 0.3 is 22.5 Å². The molecule has 6 N–H and O–H groups in total. The molecule has 6 rings (SSSR count). The minimum absolute atomic E-state index is 0.0429. The number of fused-ring (bicyclic) bond motifs is 4. The van der Waals surface area contributed by atoms with E-state index in [4.69, 9.17) is 20.0 Å². The van der Waals surface area contributed by atoms with Crippen molar-refractivity contribution in [3.8, 4) is 0 Å². The van der Waals surface area contributed by atoms with Crippen molar-refractivity contribution in [3.05, 3.63) is 45.3 Å². The van der Waals surface area contributed by atoms with Crippen molar-refractivity contribution in [2.45, 2.75) is 37.0 Å². The lowest BCUT2D eigenvalue weighted by molar-refractivity contribution is -0.121. The van der Waals surface area contributed by atoms with E-state index in [1.54, 1.807) is 35.3 Å². The van der Waals surface area contributed by atoms with Crippen molar-refractivity contribution in [1.29, 1.82) is 0 Å². The minimum atomic E-state index is -5.03. The van der Waals surface area contributed by atoms with Crippen LogP contribution in [0.4, 0.5) is 9.59 Å². The maximum Gasteiger partial charge on any atom is 0.442 e. The van der Waals surface area contributed by atoms with E-state index in [0.717, 1.165) is 0 Å². The molecule has 0 spiro atoms. The molecule has 2 saturated heterocycles. The summed E-state index contributed by atoms with van der Waals surface area (Å²) in [6.45, 7) is 0.529. The van der Waals surface area contributed by atoms with Gasteiger partial charge in [0.2, 0.25) is 11.8 Å². The first-order valence-corrected chi connectivity index (χ1v) is 17.7. The third-order valence-corrected chi connectivity index (χ3v) is 10.2. The summed E-state index contributed by atoms with van der Waals surface area (Å²) < 4.78 is 37.0. The first-order chi connectivity index (χ1) is 22.6. The Morgan fingerprint density at radius 1 is 0.809 bits per heavy atom. The van der Waals surface area contributed by atoms with Gasteiger partial charge in [0.1, 0.15) is 10.0 Å². The van der Waals surface area contributed by atoms with Crippen LogP contribution in [-0.2, 0) is 28.6 Å². The fourth-order valence-electron chi connectivity index (χ4n) is 5.82. The van der Waals surface area contributed by atoms with Crippen LogP contribution in [0, 0.1) is 0 Å². The Morgan fingerprint density at radius 3 is 1.60 bits per heavy atom. The third kappa shape index (κ3) is 6.72. The summed E-state index contributed by atoms with van der Waals surface area (Å²) in [4.78, 5) is 62.8. The molecule has 0 aromatic carbocycles. The third-order valence-electron chi connectivity index (χ3n) is 7.88. The summed E-state index contributed by atoms with van der Waals surface area (Å²) in [7, 11) is -5.03. The lowest BCUT2D eigenvalue weighted by atomic mass is 9.99. The molecule has 0 saturated carbocycles. The molecule has 2 aromatic rings. The molecular weight excluding hydrogens is 677 g/mol. The van der Waals surface area contributed by atoms with Crippen molar-refractivity contribution in [1.82, 2.24) is 40.5 Å². The highest BCUT2D eigenvalue weighted by Crippen LogP contribution is 2.38. The zero-order valence-electron chi connectivity index (χ0n) is 24.8. The van der Waals surface area contributed by atoms with Gasteiger partial charge in [0.05, 0.1) is 24.2 Å². The second kappa shape index (κ2) is 13.6. The zero-order valence-corrected chi connectivity index (χ0v) is 27.2. The van der Waals surface area contributed by atoms with Gasteiger partial charge in [-0.15, -0.1) is 31.2 Å². The van der Waals surface area contributed by atoms with Gasteiger partial charge < -0.3 is 31.9 Å². The van der Waals surface area contributed by atoms with Crippen molar-refractivity contribution in [3.63, 3.8) is 0 Å². The molecule has 0 radical (unpaired) electrons. The van der Waals surface area contributed by atoms with Crippen LogP contribution in [0.25, 0.3) is 11.1 Å². The van der Waals surface area contributed by atoms with Crippen LogP contribution in [0.1, 0.15) is 22.9 Å². The van der Waals surface area contributed by atoms with Crippen molar-refractivity contribution < 1.29 is 36.2 Å². The molecule has 252 valence electrons. The maximum absolute atomic E-state index is 13.5. The molecule has 21 heteroatoms. The molecule has 0 unspecified atom stereocenters. The van der Waals surface area contributed by atoms with Gasteiger partial charge in [-0.2, -0.15) is 18.5 Å². The molecule has 6 amide bonds. The Kier molecular flexibility index (Phi) is 9.55. The number of nitrogens with one attached hydrogen (secondary N) is 2. The number of nitrogens with two attached hydrogens (primary N) is 2. The Balaban J connectivity index is 1.19. The molecule has 4 bridgehead atoms. The fourth-order valence-corrected chi connectivity index (χ4v) is 8.02. The van der Waals surface area contributed by atoms with Crippen LogP contribution in [-0.4, -0.2) is 126 Å². The smallest absolute Gasteiger partial charge is 0.354 e. The number of nitrogens with zero attached hydrogens (tertiary/aromatic N) is 6. The molecule has 6 heterocycles. The van der Waals surface area contributed by atoms with Gasteiger partial charge in [0.15, 0.2) is 0 Å². The topological polar surface area (TPSA) is 236 Å². The summed E-state index contributed by atoms with van der Waals surface area (Å²) in [5.41, 5.74) is 12.2. The number of thiazole rings is 2. The Bertz CT molecular complexity index is 1570. The zero-order chi connectivity index (χ0) is 33.3. The van der Waals surface area contributed by atoms with Gasteiger partial charge in [0.25, 0.3) is 0 Å². The minimum Gasteiger partial charge on any atom is -0.354 e. The molecule has 2 aromatic heterocycles. The van der Waals surface area contributed by atoms with Gasteiger partial charge in [0, 0.05) is 86.4 Å². The summed E-state index contributed by atoms with van der Waals surface area (Å²) >= 11 is 2.65. The molecular formula is C26H32N10O8S3. The maximum atomic E-state index is 13.5. The van der Waals surface area contributed by atoms with Crippen LogP contribution in [0.3, 0.4) is 0 Å². The average molecular weight is 709 g/mol. The summed E-state index contributed by atoms with van der Waals surface area (Å²) in [5.74, 6) is -0.598. The first kappa shape index (κ1) is 32.9. The number of rotatable bonds is 14. The van der Waals surface area contributed by atoms with Crippen LogP contribution < -0.4 is 22.1 Å². The normalized spacial score (nSPS) is 23.7. The second-order valence-corrected chi connectivity index (χ2v) is 13.8. The van der Waals surface area contributed by atoms with Crippen molar-refractivity contribution in [2.75, 3.05) is 39.3 Å². The Hall–Kier alpha value is -3.99. The van der Waals surface area contributed by atoms with E-state index >= 15 is 0 Å². The molecule has 47 heavy (non-hydrogen) atoms. The largest absolute Gasteiger partial charge is 0.442 e. The highest BCUT2D eigenvalue weighted by Gasteiger charge is 2.51. The summed E-state index contributed by atoms with van der Waals surface area (Å²) in [6, 6.07) is -4.56.